The Morgan fingerprint density at radius 2 is 1.05 bits per heavy atom. The molecule has 0 saturated carbocycles. The molecule has 0 radical (unpaired) electrons. The average Bonchev–Trinajstić information content (AvgIpc) is 3.66. The fourth-order valence-electron chi connectivity index (χ4n) is 10.4. The topological polar surface area (TPSA) is 9.72 Å². The number of benzene rings is 6. The van der Waals surface area contributed by atoms with Crippen LogP contribution in [0.2, 0.25) is 0 Å². The summed E-state index contributed by atoms with van der Waals surface area (Å²) in [4.78, 5) is 9.16. The molecule has 0 fully saturated rings. The first-order chi connectivity index (χ1) is 29.4. The Balaban J connectivity index is 1.24. The highest BCUT2D eigenvalue weighted by Gasteiger charge is 2.51. The van der Waals surface area contributed by atoms with Crippen molar-refractivity contribution >= 4 is 84.9 Å². The van der Waals surface area contributed by atoms with E-state index in [1.807, 2.05) is 0 Å². The van der Waals surface area contributed by atoms with Crippen LogP contribution in [0.5, 0.6) is 0 Å². The maximum Gasteiger partial charge on any atom is 0.264 e. The van der Waals surface area contributed by atoms with E-state index in [1.165, 1.54) is 73.7 Å². The fraction of sp³-hybridized carbons (Fsp3) is 0.298. The van der Waals surface area contributed by atoms with Crippen molar-refractivity contribution in [2.24, 2.45) is 0 Å². The first-order valence-corrected chi connectivity index (χ1v) is 23.4. The minimum Gasteiger partial charge on any atom is -0.311 e. The van der Waals surface area contributed by atoms with Crippen molar-refractivity contribution in [2.75, 3.05) is 14.7 Å². The number of nitrogens with zero attached hydrogens (tertiary/aromatic N) is 3. The molecule has 0 amide bonds. The van der Waals surface area contributed by atoms with Crippen LogP contribution >= 0.6 is 11.3 Å². The molecule has 0 spiro atoms. The SMILES string of the molecule is Cc1cc2c3c(c1)N(c1ccc(C(C)(C)C)cc1)c1c(sc4c1C(C)(C)CCC4(C)C)B3c1cc(C(C)(C)C)ccc1N2c1ccc(N(c2ccccc2)c2ccccc2)cc1. The summed E-state index contributed by atoms with van der Waals surface area (Å²) in [5.41, 5.74) is 19.6. The van der Waals surface area contributed by atoms with Gasteiger partial charge < -0.3 is 14.7 Å². The molecule has 0 bridgehead atoms. The molecular formula is C57H60BN3S. The first-order valence-electron chi connectivity index (χ1n) is 22.6. The summed E-state index contributed by atoms with van der Waals surface area (Å²) < 4.78 is 1.49. The molecule has 5 heteroatoms. The van der Waals surface area contributed by atoms with E-state index in [9.17, 15) is 0 Å². The van der Waals surface area contributed by atoms with Crippen molar-refractivity contribution in [3.05, 3.63) is 167 Å². The number of anilines is 9. The molecule has 3 aliphatic rings. The molecule has 0 N–H and O–H groups in total. The van der Waals surface area contributed by atoms with E-state index >= 15 is 0 Å². The van der Waals surface area contributed by atoms with Crippen LogP contribution in [0, 0.1) is 6.92 Å². The third-order valence-electron chi connectivity index (χ3n) is 13.9. The second-order valence-electron chi connectivity index (χ2n) is 21.5. The second-order valence-corrected chi connectivity index (χ2v) is 22.5. The molecule has 6 aromatic carbocycles. The zero-order valence-electron chi connectivity index (χ0n) is 38.5. The Hall–Kier alpha value is -5.52. The summed E-state index contributed by atoms with van der Waals surface area (Å²) in [6, 6.07) is 52.5. The van der Waals surface area contributed by atoms with Gasteiger partial charge in [-0.2, -0.15) is 11.3 Å². The highest BCUT2D eigenvalue weighted by atomic mass is 32.1. The lowest BCUT2D eigenvalue weighted by atomic mass is 9.35. The van der Waals surface area contributed by atoms with E-state index in [2.05, 4.69) is 242 Å². The lowest BCUT2D eigenvalue weighted by Crippen LogP contribution is -2.61. The lowest BCUT2D eigenvalue weighted by Gasteiger charge is -2.45. The van der Waals surface area contributed by atoms with E-state index in [4.69, 9.17) is 0 Å². The maximum absolute atomic E-state index is 2.68. The Kier molecular flexibility index (Phi) is 9.32. The number of rotatable bonds is 5. The van der Waals surface area contributed by atoms with Crippen molar-refractivity contribution < 1.29 is 0 Å². The van der Waals surface area contributed by atoms with Crippen molar-refractivity contribution in [3.63, 3.8) is 0 Å². The minimum atomic E-state index is -0.00672. The molecule has 0 saturated heterocycles. The van der Waals surface area contributed by atoms with Gasteiger partial charge in [0.1, 0.15) is 0 Å². The van der Waals surface area contributed by atoms with E-state index in [0.717, 1.165) is 22.7 Å². The van der Waals surface area contributed by atoms with Crippen molar-refractivity contribution in [2.45, 2.75) is 111 Å². The van der Waals surface area contributed by atoms with E-state index in [1.54, 1.807) is 10.4 Å². The monoisotopic (exact) mass is 829 g/mol. The summed E-state index contributed by atoms with van der Waals surface area (Å²) >= 11 is 2.11. The van der Waals surface area contributed by atoms with Gasteiger partial charge in [-0.05, 0) is 153 Å². The molecule has 312 valence electrons. The Bertz CT molecular complexity index is 2780. The highest BCUT2D eigenvalue weighted by Crippen LogP contribution is 2.56. The van der Waals surface area contributed by atoms with Crippen molar-refractivity contribution in [1.82, 2.24) is 0 Å². The lowest BCUT2D eigenvalue weighted by molar-refractivity contribution is 0.339. The molecule has 2 aliphatic heterocycles. The minimum absolute atomic E-state index is 0.00672. The van der Waals surface area contributed by atoms with Gasteiger partial charge in [-0.3, -0.25) is 0 Å². The zero-order chi connectivity index (χ0) is 43.5. The van der Waals surface area contributed by atoms with Gasteiger partial charge >= 0.3 is 0 Å². The smallest absolute Gasteiger partial charge is 0.264 e. The van der Waals surface area contributed by atoms with Gasteiger partial charge in [-0.25, -0.2) is 0 Å². The number of fused-ring (bicyclic) bond motifs is 6. The molecule has 3 heterocycles. The number of hydrogen-bond donors (Lipinski definition) is 0. The zero-order valence-corrected chi connectivity index (χ0v) is 39.3. The third kappa shape index (κ3) is 6.53. The Labute approximate surface area is 375 Å². The summed E-state index contributed by atoms with van der Waals surface area (Å²) in [7, 11) is 0. The van der Waals surface area contributed by atoms with Gasteiger partial charge in [0.05, 0.1) is 5.69 Å². The fourth-order valence-corrected chi connectivity index (χ4v) is 12.1. The standard InChI is InChI=1S/C57H60BN3S/c1-37-34-47-50-48(35-37)61(44-25-22-38(23-26-44)54(2,3)4)51-49-52(57(10,11)33-32-56(49,8)9)62-53(51)58(50)45-36-39(55(5,6)7)24-31-46(45)60(47)43-29-27-42(28-30-43)59(40-18-14-12-15-19-40)41-20-16-13-17-21-41/h12-31,34-36H,32-33H2,1-11H3. The van der Waals surface area contributed by atoms with Crippen molar-refractivity contribution in [1.29, 1.82) is 0 Å². The van der Waals surface area contributed by atoms with Crippen LogP contribution in [-0.2, 0) is 21.7 Å². The van der Waals surface area contributed by atoms with Gasteiger partial charge in [-0.1, -0.05) is 130 Å². The molecule has 1 aromatic heterocycles. The molecule has 62 heavy (non-hydrogen) atoms. The summed E-state index contributed by atoms with van der Waals surface area (Å²) in [6.07, 6.45) is 2.36. The van der Waals surface area contributed by atoms with E-state index in [0.29, 0.717) is 0 Å². The first kappa shape index (κ1) is 40.6. The molecule has 0 unspecified atom stereocenters. The van der Waals surface area contributed by atoms with Gasteiger partial charge in [0, 0.05) is 55.2 Å². The maximum atomic E-state index is 2.68. The largest absolute Gasteiger partial charge is 0.311 e. The molecule has 3 nitrogen and oxygen atoms in total. The predicted octanol–water partition coefficient (Wildman–Crippen LogP) is 14.6. The molecule has 10 rings (SSSR count). The van der Waals surface area contributed by atoms with Crippen LogP contribution in [-0.4, -0.2) is 6.71 Å². The normalized spacial score (nSPS) is 16.0. The van der Waals surface area contributed by atoms with Gasteiger partial charge in [0.25, 0.3) is 6.71 Å². The van der Waals surface area contributed by atoms with E-state index in [-0.39, 0.29) is 28.4 Å². The third-order valence-corrected chi connectivity index (χ3v) is 15.6. The van der Waals surface area contributed by atoms with Gasteiger partial charge in [0.2, 0.25) is 0 Å². The Morgan fingerprint density at radius 3 is 1.63 bits per heavy atom. The quantitative estimate of drug-likeness (QED) is 0.160. The predicted molar refractivity (Wildman–Crippen MR) is 270 cm³/mol. The Morgan fingerprint density at radius 1 is 0.548 bits per heavy atom. The summed E-state index contributed by atoms with van der Waals surface area (Å²) in [5, 5.41) is 0. The summed E-state index contributed by atoms with van der Waals surface area (Å²) in [5.74, 6) is 0. The van der Waals surface area contributed by atoms with Gasteiger partial charge in [0.15, 0.2) is 0 Å². The van der Waals surface area contributed by atoms with Crippen LogP contribution in [0.4, 0.5) is 51.2 Å². The molecular weight excluding hydrogens is 770 g/mol. The van der Waals surface area contributed by atoms with Crippen LogP contribution in [0.3, 0.4) is 0 Å². The summed E-state index contributed by atoms with van der Waals surface area (Å²) in [6.45, 7) is 26.4. The number of thiophene rings is 1. The van der Waals surface area contributed by atoms with Gasteiger partial charge in [-0.15, -0.1) is 0 Å². The van der Waals surface area contributed by atoms with Crippen LogP contribution in [0.25, 0.3) is 0 Å². The molecule has 0 atom stereocenters. The number of para-hydroxylation sites is 2. The highest BCUT2D eigenvalue weighted by molar-refractivity contribution is 7.29. The second kappa shape index (κ2) is 14.3. The number of hydrogen-bond acceptors (Lipinski definition) is 4. The average molecular weight is 830 g/mol. The van der Waals surface area contributed by atoms with E-state index < -0.39 is 0 Å². The molecule has 1 aliphatic carbocycles. The number of aryl methyl sites for hydroxylation is 1. The van der Waals surface area contributed by atoms with Crippen LogP contribution < -0.4 is 30.4 Å². The van der Waals surface area contributed by atoms with Crippen LogP contribution in [0.15, 0.2) is 140 Å². The van der Waals surface area contributed by atoms with Crippen LogP contribution in [0.1, 0.15) is 109 Å². The molecule has 7 aromatic rings. The van der Waals surface area contributed by atoms with Crippen molar-refractivity contribution in [3.8, 4) is 0 Å².